The van der Waals surface area contributed by atoms with E-state index in [1.54, 1.807) is 36.4 Å². The third-order valence-electron chi connectivity index (χ3n) is 4.38. The molecule has 1 amide bonds. The molecule has 0 spiro atoms. The van der Waals surface area contributed by atoms with Crippen LogP contribution in [0, 0.1) is 5.82 Å². The molecule has 7 heteroatoms. The molecule has 0 aliphatic carbocycles. The van der Waals surface area contributed by atoms with Crippen molar-refractivity contribution in [1.82, 2.24) is 9.55 Å². The van der Waals surface area contributed by atoms with Gasteiger partial charge in [-0.15, -0.1) is 0 Å². The first kappa shape index (κ1) is 20.1. The Balaban J connectivity index is 1.55. The van der Waals surface area contributed by atoms with Crippen LogP contribution < -0.4 is 10.9 Å². The lowest BCUT2D eigenvalue weighted by atomic mass is 10.1. The van der Waals surface area contributed by atoms with Crippen LogP contribution in [0.3, 0.4) is 0 Å². The van der Waals surface area contributed by atoms with Gasteiger partial charge >= 0.3 is 0 Å². The maximum Gasteiger partial charge on any atom is 0.253 e. The topological polar surface area (TPSA) is 81.1 Å². The second kappa shape index (κ2) is 9.05. The minimum absolute atomic E-state index is 0.0722. The van der Waals surface area contributed by atoms with E-state index in [0.717, 1.165) is 0 Å². The number of halogens is 1. The molecule has 0 saturated heterocycles. The van der Waals surface area contributed by atoms with Crippen molar-refractivity contribution in [3.63, 3.8) is 0 Å². The number of hydrogen-bond donors (Lipinski definition) is 1. The number of carbonyl (C=O) groups excluding carboxylic acids is 2. The lowest BCUT2D eigenvalue weighted by Gasteiger charge is -2.08. The van der Waals surface area contributed by atoms with Gasteiger partial charge in [-0.3, -0.25) is 19.0 Å². The first-order valence-corrected chi connectivity index (χ1v) is 9.15. The van der Waals surface area contributed by atoms with Crippen molar-refractivity contribution in [3.05, 3.63) is 82.7 Å². The minimum atomic E-state index is -0.353. The number of aryl methyl sites for hydroxylation is 1. The van der Waals surface area contributed by atoms with Gasteiger partial charge in [0.15, 0.2) is 5.78 Å². The fraction of sp³-hybridized carbons (Fsp3) is 0.182. The average Bonchev–Trinajstić information content (AvgIpc) is 2.70. The number of Topliss-reactive ketones (excluding diaryl/α,β-unsaturated/α-hetero) is 1. The van der Waals surface area contributed by atoms with Gasteiger partial charge in [-0.2, -0.15) is 0 Å². The number of amides is 1. The van der Waals surface area contributed by atoms with Crippen molar-refractivity contribution in [2.24, 2.45) is 0 Å². The Morgan fingerprint density at radius 1 is 1.10 bits per heavy atom. The zero-order valence-electron chi connectivity index (χ0n) is 15.9. The van der Waals surface area contributed by atoms with Gasteiger partial charge < -0.3 is 5.32 Å². The largest absolute Gasteiger partial charge is 0.326 e. The molecule has 1 aromatic heterocycles. The molecule has 148 valence electrons. The molecule has 0 radical (unpaired) electrons. The van der Waals surface area contributed by atoms with Crippen molar-refractivity contribution < 1.29 is 14.0 Å². The molecule has 1 N–H and O–H groups in total. The van der Waals surface area contributed by atoms with Crippen LogP contribution in [0.15, 0.2) is 65.7 Å². The molecule has 1 heterocycles. The van der Waals surface area contributed by atoms with E-state index < -0.39 is 0 Å². The van der Waals surface area contributed by atoms with Gasteiger partial charge in [0.1, 0.15) is 5.82 Å². The number of carbonyl (C=O) groups is 2. The van der Waals surface area contributed by atoms with Gasteiger partial charge in [-0.05, 0) is 49.7 Å². The van der Waals surface area contributed by atoms with Crippen molar-refractivity contribution in [3.8, 4) is 11.3 Å². The van der Waals surface area contributed by atoms with Gasteiger partial charge in [-0.25, -0.2) is 9.37 Å². The molecule has 3 rings (SSSR count). The van der Waals surface area contributed by atoms with Crippen LogP contribution in [0.5, 0.6) is 0 Å². The Bertz CT molecular complexity index is 1090. The lowest BCUT2D eigenvalue weighted by Crippen LogP contribution is -2.21. The Hall–Kier alpha value is -3.61. The highest BCUT2D eigenvalue weighted by Gasteiger charge is 2.07. The van der Waals surface area contributed by atoms with Gasteiger partial charge in [0, 0.05) is 35.8 Å². The molecule has 0 unspecified atom stereocenters. The zero-order valence-corrected chi connectivity index (χ0v) is 15.9. The molecule has 6 nitrogen and oxygen atoms in total. The van der Waals surface area contributed by atoms with Crippen LogP contribution in [0.25, 0.3) is 11.3 Å². The van der Waals surface area contributed by atoms with E-state index in [1.165, 1.54) is 36.0 Å². The fourth-order valence-corrected chi connectivity index (χ4v) is 2.82. The van der Waals surface area contributed by atoms with Crippen molar-refractivity contribution >= 4 is 17.4 Å². The van der Waals surface area contributed by atoms with Crippen LogP contribution in [0.2, 0.25) is 0 Å². The molecular formula is C22H20FN3O3. The second-order valence-electron chi connectivity index (χ2n) is 6.60. The monoisotopic (exact) mass is 393 g/mol. The highest BCUT2D eigenvalue weighted by molar-refractivity contribution is 5.97. The molecule has 29 heavy (non-hydrogen) atoms. The fourth-order valence-electron chi connectivity index (χ4n) is 2.82. The maximum absolute atomic E-state index is 13.0. The smallest absolute Gasteiger partial charge is 0.253 e. The van der Waals surface area contributed by atoms with Crippen LogP contribution in [0.4, 0.5) is 10.1 Å². The van der Waals surface area contributed by atoms with Crippen molar-refractivity contribution in [2.45, 2.75) is 26.3 Å². The van der Waals surface area contributed by atoms with E-state index >= 15 is 0 Å². The highest BCUT2D eigenvalue weighted by Crippen LogP contribution is 2.15. The summed E-state index contributed by atoms with van der Waals surface area (Å²) in [6.07, 6.45) is 2.10. The van der Waals surface area contributed by atoms with Crippen LogP contribution >= 0.6 is 0 Å². The van der Waals surface area contributed by atoms with E-state index in [2.05, 4.69) is 10.3 Å². The molecule has 2 aromatic carbocycles. The predicted molar refractivity (Wildman–Crippen MR) is 108 cm³/mol. The van der Waals surface area contributed by atoms with Gasteiger partial charge in [0.05, 0.1) is 12.0 Å². The van der Waals surface area contributed by atoms with Crippen molar-refractivity contribution in [1.29, 1.82) is 0 Å². The summed E-state index contributed by atoms with van der Waals surface area (Å²) in [6, 6.07) is 13.9. The zero-order chi connectivity index (χ0) is 20.8. The van der Waals surface area contributed by atoms with E-state index in [1.807, 2.05) is 0 Å². The summed E-state index contributed by atoms with van der Waals surface area (Å²) >= 11 is 0. The summed E-state index contributed by atoms with van der Waals surface area (Å²) in [6.45, 7) is 1.81. The quantitative estimate of drug-likeness (QED) is 0.621. The number of hydrogen-bond acceptors (Lipinski definition) is 4. The number of nitrogens with zero attached hydrogens (tertiary/aromatic N) is 2. The van der Waals surface area contributed by atoms with E-state index in [4.69, 9.17) is 0 Å². The third kappa shape index (κ3) is 5.44. The van der Waals surface area contributed by atoms with Crippen LogP contribution in [0.1, 0.15) is 30.1 Å². The Morgan fingerprint density at radius 3 is 2.55 bits per heavy atom. The number of aromatic nitrogens is 2. The van der Waals surface area contributed by atoms with Gasteiger partial charge in [0.2, 0.25) is 5.91 Å². The molecule has 0 aliphatic rings. The molecule has 3 aromatic rings. The predicted octanol–water partition coefficient (Wildman–Crippen LogP) is 3.67. The number of rotatable bonds is 7. The Kier molecular flexibility index (Phi) is 6.29. The molecule has 0 fully saturated rings. The number of anilines is 1. The second-order valence-corrected chi connectivity index (χ2v) is 6.60. The standard InChI is InChI=1S/C22H20FN3O3/c1-15(27)17-4-2-5-19(12-17)25-21(28)6-3-11-26-14-24-20(13-22(26)29)16-7-9-18(23)10-8-16/h2,4-5,7-10,12-14H,3,6,11H2,1H3,(H,25,28). The number of nitrogens with one attached hydrogen (secondary N) is 1. The maximum atomic E-state index is 13.0. The van der Waals surface area contributed by atoms with E-state index in [-0.39, 0.29) is 29.5 Å². The first-order chi connectivity index (χ1) is 13.9. The SMILES string of the molecule is CC(=O)c1cccc(NC(=O)CCCn2cnc(-c3ccc(F)cc3)cc2=O)c1. The summed E-state index contributed by atoms with van der Waals surface area (Å²) in [5.41, 5.74) is 1.97. The van der Waals surface area contributed by atoms with Crippen LogP contribution in [-0.4, -0.2) is 21.2 Å². The molecule has 0 atom stereocenters. The summed E-state index contributed by atoms with van der Waals surface area (Å²) in [5, 5.41) is 2.75. The van der Waals surface area contributed by atoms with Crippen LogP contribution in [-0.2, 0) is 11.3 Å². The van der Waals surface area contributed by atoms with Gasteiger partial charge in [0.25, 0.3) is 5.56 Å². The van der Waals surface area contributed by atoms with E-state index in [0.29, 0.717) is 35.5 Å². The summed E-state index contributed by atoms with van der Waals surface area (Å²) in [5.74, 6) is -0.625. The lowest BCUT2D eigenvalue weighted by molar-refractivity contribution is -0.116. The summed E-state index contributed by atoms with van der Waals surface area (Å²) < 4.78 is 14.4. The molecule has 0 aliphatic heterocycles. The minimum Gasteiger partial charge on any atom is -0.326 e. The first-order valence-electron chi connectivity index (χ1n) is 9.15. The van der Waals surface area contributed by atoms with Gasteiger partial charge in [-0.1, -0.05) is 12.1 Å². The molecular weight excluding hydrogens is 373 g/mol. The highest BCUT2D eigenvalue weighted by atomic mass is 19.1. The van der Waals surface area contributed by atoms with Crippen molar-refractivity contribution in [2.75, 3.05) is 5.32 Å². The third-order valence-corrected chi connectivity index (χ3v) is 4.38. The molecule has 0 saturated carbocycles. The normalized spacial score (nSPS) is 10.6. The van der Waals surface area contributed by atoms with E-state index in [9.17, 15) is 18.8 Å². The number of ketones is 1. The Morgan fingerprint density at radius 2 is 1.86 bits per heavy atom. The summed E-state index contributed by atoms with van der Waals surface area (Å²) in [7, 11) is 0. The summed E-state index contributed by atoms with van der Waals surface area (Å²) in [4.78, 5) is 40.0. The Labute approximate surface area is 167 Å². The molecule has 0 bridgehead atoms. The number of benzene rings is 2. The average molecular weight is 393 g/mol.